The van der Waals surface area contributed by atoms with Gasteiger partial charge in [0.1, 0.15) is 0 Å². The molecule has 4 nitrogen and oxygen atoms in total. The van der Waals surface area contributed by atoms with Crippen LogP contribution in [0.1, 0.15) is 44.6 Å². The van der Waals surface area contributed by atoms with Gasteiger partial charge in [0.05, 0.1) is 4.90 Å². The first-order valence-corrected chi connectivity index (χ1v) is 8.99. The van der Waals surface area contributed by atoms with E-state index in [0.29, 0.717) is 11.3 Å². The van der Waals surface area contributed by atoms with Crippen LogP contribution in [0.2, 0.25) is 0 Å². The van der Waals surface area contributed by atoms with Gasteiger partial charge in [0.25, 0.3) is 10.0 Å². The van der Waals surface area contributed by atoms with Gasteiger partial charge in [-0.25, -0.2) is 4.83 Å². The van der Waals surface area contributed by atoms with Crippen molar-refractivity contribution in [1.82, 2.24) is 4.83 Å². The van der Waals surface area contributed by atoms with Crippen LogP contribution in [0.5, 0.6) is 0 Å². The molecule has 3 rings (SSSR count). The average molecular weight is 306 g/mol. The standard InChI is InChI=1S/C16H22N2O2S/c1-12-3-5-15(6-4-12)21(19,20)18-17-14-9-13-7-8-16(2,10-13)11-14/h3-6,13,18H,7-11H2,1-2H3/b17-14+. The fourth-order valence-electron chi connectivity index (χ4n) is 3.67. The summed E-state index contributed by atoms with van der Waals surface area (Å²) in [6.07, 6.45) is 5.60. The molecule has 0 aliphatic heterocycles. The van der Waals surface area contributed by atoms with Gasteiger partial charge in [0, 0.05) is 5.71 Å². The van der Waals surface area contributed by atoms with E-state index in [0.717, 1.165) is 24.1 Å². The van der Waals surface area contributed by atoms with E-state index >= 15 is 0 Å². The number of nitrogens with one attached hydrogen (secondary N) is 1. The van der Waals surface area contributed by atoms with Gasteiger partial charge in [-0.05, 0) is 62.5 Å². The van der Waals surface area contributed by atoms with E-state index in [2.05, 4.69) is 16.9 Å². The van der Waals surface area contributed by atoms with Crippen molar-refractivity contribution in [2.24, 2.45) is 16.4 Å². The van der Waals surface area contributed by atoms with Gasteiger partial charge < -0.3 is 0 Å². The summed E-state index contributed by atoms with van der Waals surface area (Å²) in [5.41, 5.74) is 2.37. The minimum atomic E-state index is -3.55. The highest BCUT2D eigenvalue weighted by Gasteiger charge is 2.40. The molecule has 0 spiro atoms. The maximum absolute atomic E-state index is 12.2. The molecule has 2 atom stereocenters. The molecule has 2 aliphatic rings. The molecule has 21 heavy (non-hydrogen) atoms. The average Bonchev–Trinajstić information content (AvgIpc) is 2.70. The van der Waals surface area contributed by atoms with Gasteiger partial charge in [-0.1, -0.05) is 24.6 Å². The number of aryl methyl sites for hydroxylation is 1. The second-order valence-electron chi connectivity index (χ2n) is 6.89. The van der Waals surface area contributed by atoms with Crippen molar-refractivity contribution in [2.75, 3.05) is 0 Å². The molecule has 2 aliphatic carbocycles. The predicted octanol–water partition coefficient (Wildman–Crippen LogP) is 3.23. The van der Waals surface area contributed by atoms with Crippen molar-refractivity contribution in [3.63, 3.8) is 0 Å². The Hall–Kier alpha value is -1.36. The molecule has 0 aromatic heterocycles. The zero-order valence-corrected chi connectivity index (χ0v) is 13.4. The molecule has 2 saturated carbocycles. The van der Waals surface area contributed by atoms with Crippen LogP contribution in [-0.2, 0) is 10.0 Å². The van der Waals surface area contributed by atoms with Gasteiger partial charge in [-0.2, -0.15) is 13.5 Å². The largest absolute Gasteiger partial charge is 0.276 e. The third-order valence-corrected chi connectivity index (χ3v) is 5.97. The number of hydrazone groups is 1. The summed E-state index contributed by atoms with van der Waals surface area (Å²) >= 11 is 0. The molecular formula is C16H22N2O2S. The van der Waals surface area contributed by atoms with Crippen molar-refractivity contribution in [1.29, 1.82) is 0 Å². The molecular weight excluding hydrogens is 284 g/mol. The highest BCUT2D eigenvalue weighted by molar-refractivity contribution is 7.89. The lowest BCUT2D eigenvalue weighted by molar-refractivity contribution is 0.314. The van der Waals surface area contributed by atoms with Gasteiger partial charge >= 0.3 is 0 Å². The van der Waals surface area contributed by atoms with Gasteiger partial charge in [0.15, 0.2) is 0 Å². The second-order valence-corrected chi connectivity index (χ2v) is 8.55. The Labute approximate surface area is 126 Å². The Balaban J connectivity index is 1.74. The van der Waals surface area contributed by atoms with E-state index in [9.17, 15) is 8.42 Å². The normalized spacial score (nSPS) is 30.6. The number of hydrogen-bond donors (Lipinski definition) is 1. The fourth-order valence-corrected chi connectivity index (χ4v) is 4.52. The highest BCUT2D eigenvalue weighted by atomic mass is 32.2. The molecule has 2 bridgehead atoms. The Kier molecular flexibility index (Phi) is 3.56. The van der Waals surface area contributed by atoms with Crippen LogP contribution in [0.25, 0.3) is 0 Å². The SMILES string of the molecule is Cc1ccc(S(=O)(=O)N/N=C2\CC3CCC(C)(C2)C3)cc1. The quantitative estimate of drug-likeness (QED) is 0.872. The number of fused-ring (bicyclic) bond motifs is 2. The van der Waals surface area contributed by atoms with Crippen LogP contribution in [0, 0.1) is 18.3 Å². The van der Waals surface area contributed by atoms with Crippen LogP contribution in [0.4, 0.5) is 0 Å². The number of sulfonamides is 1. The van der Waals surface area contributed by atoms with E-state index in [1.165, 1.54) is 19.3 Å². The monoisotopic (exact) mass is 306 g/mol. The van der Waals surface area contributed by atoms with Crippen molar-refractivity contribution >= 4 is 15.7 Å². The first-order valence-electron chi connectivity index (χ1n) is 7.50. The molecule has 1 aromatic carbocycles. The number of benzene rings is 1. The second kappa shape index (κ2) is 5.13. The molecule has 2 fully saturated rings. The third kappa shape index (κ3) is 3.12. The summed E-state index contributed by atoms with van der Waals surface area (Å²) in [5.74, 6) is 0.686. The van der Waals surface area contributed by atoms with E-state index < -0.39 is 10.0 Å². The molecule has 1 aromatic rings. The van der Waals surface area contributed by atoms with Crippen molar-refractivity contribution in [3.8, 4) is 0 Å². The van der Waals surface area contributed by atoms with E-state index in [1.54, 1.807) is 24.3 Å². The summed E-state index contributed by atoms with van der Waals surface area (Å²) in [5, 5.41) is 4.22. The Morgan fingerprint density at radius 2 is 2.00 bits per heavy atom. The maximum atomic E-state index is 12.2. The van der Waals surface area contributed by atoms with Crippen LogP contribution in [0.3, 0.4) is 0 Å². The number of hydrogen-bond acceptors (Lipinski definition) is 3. The summed E-state index contributed by atoms with van der Waals surface area (Å²) in [4.78, 5) is 2.68. The Bertz CT molecular complexity index is 664. The van der Waals surface area contributed by atoms with Crippen molar-refractivity contribution in [3.05, 3.63) is 29.8 Å². The molecule has 114 valence electrons. The lowest BCUT2D eigenvalue weighted by Crippen LogP contribution is -2.27. The molecule has 0 radical (unpaired) electrons. The highest BCUT2D eigenvalue weighted by Crippen LogP contribution is 2.49. The zero-order valence-electron chi connectivity index (χ0n) is 12.6. The first kappa shape index (κ1) is 14.6. The smallest absolute Gasteiger partial charge is 0.200 e. The summed E-state index contributed by atoms with van der Waals surface area (Å²) < 4.78 is 24.5. The Morgan fingerprint density at radius 3 is 2.67 bits per heavy atom. The van der Waals surface area contributed by atoms with Crippen molar-refractivity contribution < 1.29 is 8.42 Å². The van der Waals surface area contributed by atoms with Gasteiger partial charge in [-0.3, -0.25) is 0 Å². The molecule has 5 heteroatoms. The summed E-state index contributed by atoms with van der Waals surface area (Å²) in [6.45, 7) is 4.22. The first-order chi connectivity index (χ1) is 9.86. The van der Waals surface area contributed by atoms with Gasteiger partial charge in [-0.15, -0.1) is 0 Å². The Morgan fingerprint density at radius 1 is 1.29 bits per heavy atom. The molecule has 0 heterocycles. The van der Waals surface area contributed by atoms with Crippen LogP contribution >= 0.6 is 0 Å². The fraction of sp³-hybridized carbons (Fsp3) is 0.562. The van der Waals surface area contributed by atoms with Crippen molar-refractivity contribution in [2.45, 2.75) is 50.8 Å². The lowest BCUT2D eigenvalue weighted by Gasteiger charge is -2.29. The minimum Gasteiger partial charge on any atom is -0.200 e. The van der Waals surface area contributed by atoms with Crippen LogP contribution < -0.4 is 4.83 Å². The van der Waals surface area contributed by atoms with Crippen LogP contribution in [0.15, 0.2) is 34.3 Å². The zero-order chi connectivity index (χ0) is 15.1. The third-order valence-electron chi connectivity index (χ3n) is 4.75. The number of nitrogens with zero attached hydrogens (tertiary/aromatic N) is 1. The summed E-state index contributed by atoms with van der Waals surface area (Å²) in [6, 6.07) is 6.82. The molecule has 0 amide bonds. The van der Waals surface area contributed by atoms with Gasteiger partial charge in [0.2, 0.25) is 0 Å². The maximum Gasteiger partial charge on any atom is 0.276 e. The van der Waals surface area contributed by atoms with E-state index in [-0.39, 0.29) is 4.90 Å². The number of rotatable bonds is 3. The van der Waals surface area contributed by atoms with E-state index in [4.69, 9.17) is 0 Å². The topological polar surface area (TPSA) is 58.5 Å². The molecule has 0 saturated heterocycles. The van der Waals surface area contributed by atoms with Crippen LogP contribution in [-0.4, -0.2) is 14.1 Å². The summed E-state index contributed by atoms with van der Waals surface area (Å²) in [7, 11) is -3.55. The van der Waals surface area contributed by atoms with E-state index in [1.807, 2.05) is 6.92 Å². The minimum absolute atomic E-state index is 0.266. The lowest BCUT2D eigenvalue weighted by atomic mass is 9.76. The molecule has 1 N–H and O–H groups in total. The molecule has 2 unspecified atom stereocenters. The predicted molar refractivity (Wildman–Crippen MR) is 83.6 cm³/mol.